The fourth-order valence-electron chi connectivity index (χ4n) is 3.09. The van der Waals surface area contributed by atoms with E-state index in [4.69, 9.17) is 10.5 Å². The zero-order valence-corrected chi connectivity index (χ0v) is 13.0. The van der Waals surface area contributed by atoms with Gasteiger partial charge in [0.05, 0.1) is 11.6 Å². The van der Waals surface area contributed by atoms with Crippen molar-refractivity contribution in [1.82, 2.24) is 10.2 Å². The van der Waals surface area contributed by atoms with E-state index in [2.05, 4.69) is 24.2 Å². The average molecular weight is 283 g/mol. The first-order valence-corrected chi connectivity index (χ1v) is 7.82. The lowest BCUT2D eigenvalue weighted by Gasteiger charge is -2.30. The van der Waals surface area contributed by atoms with Crippen molar-refractivity contribution in [2.75, 3.05) is 20.2 Å². The molecule has 2 fully saturated rings. The van der Waals surface area contributed by atoms with Crippen LogP contribution in [0.1, 0.15) is 46.0 Å². The minimum absolute atomic E-state index is 0.232. The molecule has 0 aromatic heterocycles. The summed E-state index contributed by atoms with van der Waals surface area (Å²) in [5.74, 6) is -0.232. The maximum absolute atomic E-state index is 11.7. The number of likely N-dealkylation sites (N-methyl/N-ethyl adjacent to an activating group) is 1. The van der Waals surface area contributed by atoms with Gasteiger partial charge >= 0.3 is 0 Å². The van der Waals surface area contributed by atoms with Crippen LogP contribution < -0.4 is 11.1 Å². The lowest BCUT2D eigenvalue weighted by molar-refractivity contribution is -0.124. The molecular formula is C15H29N3O2. The number of ether oxygens (including phenoxy) is 1. The summed E-state index contributed by atoms with van der Waals surface area (Å²) in [6, 6.07) is 1.000. The van der Waals surface area contributed by atoms with Crippen LogP contribution in [-0.2, 0) is 9.53 Å². The molecule has 1 amide bonds. The highest BCUT2D eigenvalue weighted by atomic mass is 16.5. The molecule has 0 aromatic rings. The Morgan fingerprint density at radius 2 is 2.15 bits per heavy atom. The molecular weight excluding hydrogens is 254 g/mol. The second kappa shape index (κ2) is 6.41. The molecule has 0 bridgehead atoms. The van der Waals surface area contributed by atoms with Gasteiger partial charge in [0.2, 0.25) is 5.91 Å². The van der Waals surface area contributed by atoms with E-state index in [9.17, 15) is 4.79 Å². The highest BCUT2D eigenvalue weighted by Crippen LogP contribution is 2.25. The third kappa shape index (κ3) is 3.93. The Kier molecular flexibility index (Phi) is 5.04. The smallest absolute Gasteiger partial charge is 0.237 e. The van der Waals surface area contributed by atoms with Gasteiger partial charge in [-0.15, -0.1) is 0 Å². The van der Waals surface area contributed by atoms with E-state index in [-0.39, 0.29) is 5.91 Å². The number of hydrogen-bond acceptors (Lipinski definition) is 4. The molecule has 0 spiro atoms. The van der Waals surface area contributed by atoms with E-state index in [0.29, 0.717) is 18.2 Å². The first-order valence-electron chi connectivity index (χ1n) is 7.82. The van der Waals surface area contributed by atoms with Gasteiger partial charge in [0, 0.05) is 18.7 Å². The average Bonchev–Trinajstić information content (AvgIpc) is 3.07. The number of carbonyl (C=O) groups excluding carboxylic acids is 1. The van der Waals surface area contributed by atoms with Gasteiger partial charge in [0.25, 0.3) is 0 Å². The van der Waals surface area contributed by atoms with Crippen LogP contribution >= 0.6 is 0 Å². The third-order valence-corrected chi connectivity index (χ3v) is 4.73. The van der Waals surface area contributed by atoms with Crippen LogP contribution in [0.2, 0.25) is 0 Å². The molecule has 20 heavy (non-hydrogen) atoms. The fraction of sp³-hybridized carbons (Fsp3) is 0.933. The van der Waals surface area contributed by atoms with Gasteiger partial charge in [-0.3, -0.25) is 4.79 Å². The van der Waals surface area contributed by atoms with Crippen LogP contribution in [0.3, 0.4) is 0 Å². The van der Waals surface area contributed by atoms with Crippen molar-refractivity contribution in [3.8, 4) is 0 Å². The van der Waals surface area contributed by atoms with Crippen LogP contribution in [0.15, 0.2) is 0 Å². The number of carbonyl (C=O) groups is 1. The Labute approximate surface area is 122 Å². The Balaban J connectivity index is 1.76. The molecule has 1 heterocycles. The number of amides is 1. The van der Waals surface area contributed by atoms with Crippen molar-refractivity contribution in [3.05, 3.63) is 0 Å². The van der Waals surface area contributed by atoms with Crippen LogP contribution in [-0.4, -0.2) is 54.7 Å². The topological polar surface area (TPSA) is 67.6 Å². The minimum Gasteiger partial charge on any atom is -0.377 e. The van der Waals surface area contributed by atoms with Crippen LogP contribution in [0.4, 0.5) is 0 Å². The van der Waals surface area contributed by atoms with Crippen molar-refractivity contribution in [2.24, 2.45) is 5.73 Å². The van der Waals surface area contributed by atoms with E-state index in [1.165, 1.54) is 12.8 Å². The van der Waals surface area contributed by atoms with Gasteiger partial charge in [-0.25, -0.2) is 0 Å². The Bertz CT molecular complexity index is 346. The van der Waals surface area contributed by atoms with Gasteiger partial charge in [-0.2, -0.15) is 0 Å². The zero-order chi connectivity index (χ0) is 14.8. The van der Waals surface area contributed by atoms with Gasteiger partial charge in [0.1, 0.15) is 0 Å². The molecule has 0 aromatic carbocycles. The molecule has 3 unspecified atom stereocenters. The summed E-state index contributed by atoms with van der Waals surface area (Å²) in [5.41, 5.74) is 5.02. The summed E-state index contributed by atoms with van der Waals surface area (Å²) in [6.07, 6.45) is 5.52. The van der Waals surface area contributed by atoms with Crippen molar-refractivity contribution < 1.29 is 9.53 Å². The molecule has 116 valence electrons. The molecule has 5 heteroatoms. The fourth-order valence-corrected chi connectivity index (χ4v) is 3.09. The van der Waals surface area contributed by atoms with Gasteiger partial charge in [0.15, 0.2) is 0 Å². The molecule has 1 saturated carbocycles. The summed E-state index contributed by atoms with van der Waals surface area (Å²) in [5, 5.41) is 3.40. The van der Waals surface area contributed by atoms with Crippen molar-refractivity contribution in [2.45, 2.75) is 69.7 Å². The molecule has 1 saturated heterocycles. The Hall–Kier alpha value is -0.650. The van der Waals surface area contributed by atoms with Crippen molar-refractivity contribution >= 4 is 5.91 Å². The molecule has 2 aliphatic rings. The maximum Gasteiger partial charge on any atom is 0.237 e. The molecule has 2 rings (SSSR count). The highest BCUT2D eigenvalue weighted by Gasteiger charge is 2.36. The van der Waals surface area contributed by atoms with Crippen molar-refractivity contribution in [1.29, 1.82) is 0 Å². The van der Waals surface area contributed by atoms with Crippen LogP contribution in [0, 0.1) is 0 Å². The van der Waals surface area contributed by atoms with Gasteiger partial charge in [-0.1, -0.05) is 0 Å². The second-order valence-corrected chi connectivity index (χ2v) is 6.63. The number of rotatable bonds is 8. The monoisotopic (exact) mass is 283 g/mol. The summed E-state index contributed by atoms with van der Waals surface area (Å²) < 4.78 is 5.60. The first-order chi connectivity index (χ1) is 9.42. The standard InChI is InChI=1S/C15H29N3O2/c1-11-13(7-10-20-11)18(3)9-4-8-15(2,14(16)19)17-12-5-6-12/h11-13,17H,4-10H2,1-3H3,(H2,16,19). The Morgan fingerprint density at radius 3 is 2.65 bits per heavy atom. The predicted molar refractivity (Wildman–Crippen MR) is 79.4 cm³/mol. The summed E-state index contributed by atoms with van der Waals surface area (Å²) >= 11 is 0. The number of nitrogens with zero attached hydrogens (tertiary/aromatic N) is 1. The number of hydrogen-bond donors (Lipinski definition) is 2. The van der Waals surface area contributed by atoms with Crippen LogP contribution in [0.5, 0.6) is 0 Å². The molecule has 3 N–H and O–H groups in total. The summed E-state index contributed by atoms with van der Waals surface area (Å²) in [4.78, 5) is 14.1. The molecule has 0 radical (unpaired) electrons. The highest BCUT2D eigenvalue weighted by molar-refractivity contribution is 5.84. The van der Waals surface area contributed by atoms with Crippen LogP contribution in [0.25, 0.3) is 0 Å². The van der Waals surface area contributed by atoms with E-state index >= 15 is 0 Å². The molecule has 1 aliphatic heterocycles. The zero-order valence-electron chi connectivity index (χ0n) is 13.0. The van der Waals surface area contributed by atoms with Gasteiger partial charge in [-0.05, 0) is 59.5 Å². The molecule has 3 atom stereocenters. The second-order valence-electron chi connectivity index (χ2n) is 6.63. The van der Waals surface area contributed by atoms with E-state index in [1.54, 1.807) is 0 Å². The number of nitrogens with two attached hydrogens (primary N) is 1. The SMILES string of the molecule is CC1OCCC1N(C)CCCC(C)(NC1CC1)C(N)=O. The number of primary amides is 1. The lowest BCUT2D eigenvalue weighted by Crippen LogP contribution is -2.54. The molecule has 5 nitrogen and oxygen atoms in total. The maximum atomic E-state index is 11.7. The first kappa shape index (κ1) is 15.7. The lowest BCUT2D eigenvalue weighted by atomic mass is 9.94. The van der Waals surface area contributed by atoms with E-state index in [1.807, 2.05) is 6.92 Å². The minimum atomic E-state index is -0.556. The largest absolute Gasteiger partial charge is 0.377 e. The van der Waals surface area contributed by atoms with Gasteiger partial charge < -0.3 is 20.7 Å². The molecule has 1 aliphatic carbocycles. The third-order valence-electron chi connectivity index (χ3n) is 4.73. The Morgan fingerprint density at radius 1 is 1.45 bits per heavy atom. The quantitative estimate of drug-likeness (QED) is 0.694. The number of nitrogens with one attached hydrogen (secondary N) is 1. The summed E-state index contributed by atoms with van der Waals surface area (Å²) in [6.45, 7) is 5.91. The van der Waals surface area contributed by atoms with E-state index in [0.717, 1.165) is 32.4 Å². The van der Waals surface area contributed by atoms with E-state index < -0.39 is 5.54 Å². The normalized spacial score (nSPS) is 29.6. The predicted octanol–water partition coefficient (Wildman–Crippen LogP) is 0.872. The van der Waals surface area contributed by atoms with Crippen molar-refractivity contribution in [3.63, 3.8) is 0 Å². The summed E-state index contributed by atoms with van der Waals surface area (Å²) in [7, 11) is 2.14.